The number of nitrogens with two attached hydrogens (primary N) is 1. The lowest BCUT2D eigenvalue weighted by Crippen LogP contribution is -2.28. The van der Waals surface area contributed by atoms with Crippen molar-refractivity contribution in [1.29, 1.82) is 0 Å². The van der Waals surface area contributed by atoms with Crippen molar-refractivity contribution in [3.8, 4) is 0 Å². The normalized spacial score (nSPS) is 14.4. The summed E-state index contributed by atoms with van der Waals surface area (Å²) < 4.78 is 9.80. The van der Waals surface area contributed by atoms with Crippen molar-refractivity contribution in [3.63, 3.8) is 0 Å². The summed E-state index contributed by atoms with van der Waals surface area (Å²) in [5.41, 5.74) is 4.82. The second-order valence-corrected chi connectivity index (χ2v) is 3.49. The molecule has 1 rings (SSSR count). The average molecular weight is 261 g/mol. The van der Waals surface area contributed by atoms with Crippen LogP contribution in [0.25, 0.3) is 0 Å². The molecule has 0 aliphatic carbocycles. The highest BCUT2D eigenvalue weighted by atomic mass is 16.6. The van der Waals surface area contributed by atoms with E-state index >= 15 is 0 Å². The lowest BCUT2D eigenvalue weighted by atomic mass is 10.2. The third-order valence-electron chi connectivity index (χ3n) is 2.24. The van der Waals surface area contributed by atoms with Gasteiger partial charge < -0.3 is 15.2 Å². The predicted octanol–water partition coefficient (Wildman–Crippen LogP) is 2.66. The van der Waals surface area contributed by atoms with Crippen LogP contribution in [0.5, 0.6) is 0 Å². The van der Waals surface area contributed by atoms with Crippen LogP contribution in [-0.4, -0.2) is 31.2 Å². The first-order valence-corrected chi connectivity index (χ1v) is 6.65. The third kappa shape index (κ3) is 13.0. The van der Waals surface area contributed by atoms with E-state index in [1.807, 2.05) is 27.7 Å². The number of ether oxygens (including phenoxy) is 2. The van der Waals surface area contributed by atoms with E-state index in [9.17, 15) is 9.59 Å². The fourth-order valence-electron chi connectivity index (χ4n) is 1.21. The van der Waals surface area contributed by atoms with Gasteiger partial charge in [0, 0.05) is 25.7 Å². The lowest BCUT2D eigenvalue weighted by Gasteiger charge is -2.20. The minimum absolute atomic E-state index is 0.0220. The maximum atomic E-state index is 10.2. The summed E-state index contributed by atoms with van der Waals surface area (Å²) >= 11 is 0. The van der Waals surface area contributed by atoms with Crippen LogP contribution < -0.4 is 5.73 Å². The second-order valence-electron chi connectivity index (χ2n) is 3.49. The van der Waals surface area contributed by atoms with Gasteiger partial charge in [-0.15, -0.1) is 0 Å². The van der Waals surface area contributed by atoms with Gasteiger partial charge in [0.05, 0.1) is 13.2 Å². The molecular formula is C13H27NO4. The number of hydrogen-bond donors (Lipinski definition) is 1. The van der Waals surface area contributed by atoms with Crippen molar-refractivity contribution in [2.45, 2.75) is 59.5 Å². The largest absolute Gasteiger partial charge is 0.446 e. The summed E-state index contributed by atoms with van der Waals surface area (Å²) in [6.45, 7) is 9.09. The Hall–Kier alpha value is -1.10. The van der Waals surface area contributed by atoms with Crippen molar-refractivity contribution in [2.75, 3.05) is 13.2 Å². The quantitative estimate of drug-likeness (QED) is 0.847. The highest BCUT2D eigenvalue weighted by Gasteiger charge is 2.15. The van der Waals surface area contributed by atoms with Crippen LogP contribution in [0.4, 0.5) is 4.79 Å². The fourth-order valence-corrected chi connectivity index (χ4v) is 1.21. The lowest BCUT2D eigenvalue weighted by molar-refractivity contribution is -0.118. The van der Waals surface area contributed by atoms with Gasteiger partial charge in [-0.2, -0.15) is 0 Å². The SMILES string of the molecule is CC.CCC(=O)CC.NC(=O)OC1CCOCC1. The first kappa shape index (κ1) is 19.2. The van der Waals surface area contributed by atoms with Crippen molar-refractivity contribution < 1.29 is 19.1 Å². The highest BCUT2D eigenvalue weighted by Crippen LogP contribution is 2.09. The van der Waals surface area contributed by atoms with Crippen LogP contribution >= 0.6 is 0 Å². The molecule has 0 aromatic carbocycles. The van der Waals surface area contributed by atoms with E-state index in [4.69, 9.17) is 15.2 Å². The molecule has 1 heterocycles. The number of carbonyl (C=O) groups excluding carboxylic acids is 2. The zero-order valence-corrected chi connectivity index (χ0v) is 12.0. The molecule has 0 unspecified atom stereocenters. The Bertz CT molecular complexity index is 207. The molecule has 0 spiro atoms. The number of rotatable bonds is 3. The van der Waals surface area contributed by atoms with E-state index in [0.29, 0.717) is 31.8 Å². The molecule has 1 aliphatic rings. The van der Waals surface area contributed by atoms with Gasteiger partial charge >= 0.3 is 6.09 Å². The fraction of sp³-hybridized carbons (Fsp3) is 0.846. The minimum Gasteiger partial charge on any atom is -0.446 e. The van der Waals surface area contributed by atoms with E-state index in [0.717, 1.165) is 12.8 Å². The molecule has 5 nitrogen and oxygen atoms in total. The summed E-state index contributed by atoms with van der Waals surface area (Å²) in [6, 6.07) is 0. The standard InChI is InChI=1S/C6H11NO3.C5H10O.C2H6/c7-6(8)10-5-1-3-9-4-2-5;1-3-5(6)4-2;1-2/h5H,1-4H2,(H2,7,8);3-4H2,1-2H3;1-2H3. The van der Waals surface area contributed by atoms with Crippen molar-refractivity contribution in [2.24, 2.45) is 5.73 Å². The molecule has 2 N–H and O–H groups in total. The van der Waals surface area contributed by atoms with Gasteiger partial charge in [-0.1, -0.05) is 27.7 Å². The Balaban J connectivity index is 0. The Morgan fingerprint density at radius 2 is 1.61 bits per heavy atom. The van der Waals surface area contributed by atoms with E-state index in [1.54, 1.807) is 0 Å². The van der Waals surface area contributed by atoms with Crippen LogP contribution in [0.1, 0.15) is 53.4 Å². The molecule has 0 bridgehead atoms. The van der Waals surface area contributed by atoms with Crippen molar-refractivity contribution in [3.05, 3.63) is 0 Å². The summed E-state index contributed by atoms with van der Waals surface area (Å²) in [4.78, 5) is 20.4. The molecule has 0 atom stereocenters. The maximum absolute atomic E-state index is 10.2. The monoisotopic (exact) mass is 261 g/mol. The number of amides is 1. The Morgan fingerprint density at radius 3 is 1.89 bits per heavy atom. The van der Waals surface area contributed by atoms with Crippen LogP contribution in [0.2, 0.25) is 0 Å². The minimum atomic E-state index is -0.688. The van der Waals surface area contributed by atoms with Gasteiger partial charge in [0.2, 0.25) is 0 Å². The van der Waals surface area contributed by atoms with E-state index < -0.39 is 6.09 Å². The van der Waals surface area contributed by atoms with Gasteiger partial charge in [0.25, 0.3) is 0 Å². The van der Waals surface area contributed by atoms with E-state index in [-0.39, 0.29) is 6.10 Å². The van der Waals surface area contributed by atoms with Crippen LogP contribution in [-0.2, 0) is 14.3 Å². The first-order valence-electron chi connectivity index (χ1n) is 6.65. The Kier molecular flexibility index (Phi) is 14.9. The van der Waals surface area contributed by atoms with Crippen LogP contribution in [0, 0.1) is 0 Å². The Morgan fingerprint density at radius 1 is 1.17 bits per heavy atom. The summed E-state index contributed by atoms with van der Waals surface area (Å²) in [5.74, 6) is 0.343. The molecule has 0 aromatic heterocycles. The molecule has 1 saturated heterocycles. The highest BCUT2D eigenvalue weighted by molar-refractivity contribution is 5.77. The summed E-state index contributed by atoms with van der Waals surface area (Å²) in [6.07, 6.45) is 2.21. The smallest absolute Gasteiger partial charge is 0.404 e. The molecular weight excluding hydrogens is 234 g/mol. The number of primary amides is 1. The predicted molar refractivity (Wildman–Crippen MR) is 71.4 cm³/mol. The molecule has 18 heavy (non-hydrogen) atoms. The molecule has 1 aliphatic heterocycles. The number of carbonyl (C=O) groups is 2. The van der Waals surface area contributed by atoms with Crippen LogP contribution in [0.15, 0.2) is 0 Å². The van der Waals surface area contributed by atoms with Gasteiger partial charge in [-0.25, -0.2) is 4.79 Å². The van der Waals surface area contributed by atoms with Crippen LogP contribution in [0.3, 0.4) is 0 Å². The number of hydrogen-bond acceptors (Lipinski definition) is 4. The van der Waals surface area contributed by atoms with Gasteiger partial charge in [-0.3, -0.25) is 4.79 Å². The molecule has 0 saturated carbocycles. The molecule has 5 heteroatoms. The number of Topliss-reactive ketones (excluding diaryl/α,β-unsaturated/α-hetero) is 1. The first-order chi connectivity index (χ1) is 8.60. The molecule has 1 amide bonds. The topological polar surface area (TPSA) is 78.6 Å². The second kappa shape index (κ2) is 14.0. The zero-order valence-electron chi connectivity index (χ0n) is 12.0. The molecule has 1 fully saturated rings. The van der Waals surface area contributed by atoms with Gasteiger partial charge in [-0.05, 0) is 0 Å². The van der Waals surface area contributed by atoms with E-state index in [1.165, 1.54) is 0 Å². The number of ketones is 1. The molecule has 108 valence electrons. The van der Waals surface area contributed by atoms with Crippen molar-refractivity contribution >= 4 is 11.9 Å². The zero-order chi connectivity index (χ0) is 14.4. The van der Waals surface area contributed by atoms with Crippen molar-refractivity contribution in [1.82, 2.24) is 0 Å². The summed E-state index contributed by atoms with van der Waals surface area (Å²) in [7, 11) is 0. The summed E-state index contributed by atoms with van der Waals surface area (Å²) in [5, 5.41) is 0. The van der Waals surface area contributed by atoms with E-state index in [2.05, 4.69) is 0 Å². The molecule has 0 radical (unpaired) electrons. The maximum Gasteiger partial charge on any atom is 0.404 e. The van der Waals surface area contributed by atoms with Gasteiger partial charge in [0.1, 0.15) is 11.9 Å². The third-order valence-corrected chi connectivity index (χ3v) is 2.24. The average Bonchev–Trinajstić information content (AvgIpc) is 2.41. The Labute approximate surface area is 110 Å². The molecule has 0 aromatic rings. The van der Waals surface area contributed by atoms with Gasteiger partial charge in [0.15, 0.2) is 0 Å².